The number of nitrogens with zero attached hydrogens (tertiary/aromatic N) is 3. The van der Waals surface area contributed by atoms with Crippen molar-refractivity contribution in [3.63, 3.8) is 0 Å². The molecule has 9 nitrogen and oxygen atoms in total. The van der Waals surface area contributed by atoms with Gasteiger partial charge in [0.2, 0.25) is 0 Å². The summed E-state index contributed by atoms with van der Waals surface area (Å²) in [6.07, 6.45) is 3.97. The molecule has 0 aromatic heterocycles. The summed E-state index contributed by atoms with van der Waals surface area (Å²) < 4.78 is 0. The van der Waals surface area contributed by atoms with E-state index in [4.69, 9.17) is 5.26 Å². The molecule has 1 aliphatic heterocycles. The minimum Gasteiger partial charge on any atom is -0.340 e. The minimum atomic E-state index is -0.792. The van der Waals surface area contributed by atoms with Crippen molar-refractivity contribution < 1.29 is 14.4 Å². The van der Waals surface area contributed by atoms with Crippen molar-refractivity contribution in [2.45, 2.75) is 51.7 Å². The van der Waals surface area contributed by atoms with Crippen LogP contribution >= 0.6 is 0 Å². The molecule has 1 fully saturated rings. The number of piperidine rings is 1. The van der Waals surface area contributed by atoms with Gasteiger partial charge in [-0.2, -0.15) is 5.26 Å². The van der Waals surface area contributed by atoms with E-state index in [0.29, 0.717) is 17.7 Å². The van der Waals surface area contributed by atoms with Gasteiger partial charge in [0.25, 0.3) is 11.8 Å². The molecule has 3 N–H and O–H groups in total. The van der Waals surface area contributed by atoms with Crippen LogP contribution in [0.25, 0.3) is 0 Å². The maximum atomic E-state index is 12.7. The van der Waals surface area contributed by atoms with Gasteiger partial charge in [-0.3, -0.25) is 19.4 Å². The average molecular weight is 505 g/mol. The van der Waals surface area contributed by atoms with Crippen LogP contribution in [0.4, 0.5) is 10.5 Å². The number of hydrogen-bond acceptors (Lipinski definition) is 5. The molecule has 0 radical (unpaired) electrons. The van der Waals surface area contributed by atoms with Gasteiger partial charge in [0.15, 0.2) is 6.19 Å². The largest absolute Gasteiger partial charge is 0.340 e. The van der Waals surface area contributed by atoms with E-state index in [-0.39, 0.29) is 18.0 Å². The Morgan fingerprint density at radius 2 is 1.70 bits per heavy atom. The Labute approximate surface area is 218 Å². The van der Waals surface area contributed by atoms with Crippen LogP contribution < -0.4 is 16.0 Å². The third-order valence-corrected chi connectivity index (χ3v) is 6.37. The van der Waals surface area contributed by atoms with E-state index in [1.807, 2.05) is 32.0 Å². The molecule has 4 amide bonds. The number of amides is 4. The zero-order valence-corrected chi connectivity index (χ0v) is 21.7. The summed E-state index contributed by atoms with van der Waals surface area (Å²) in [6, 6.07) is 15.9. The first-order valence-electron chi connectivity index (χ1n) is 12.7. The van der Waals surface area contributed by atoms with Gasteiger partial charge in [-0.05, 0) is 55.0 Å². The fourth-order valence-corrected chi connectivity index (χ4v) is 4.35. The second-order valence-electron chi connectivity index (χ2n) is 9.86. The highest BCUT2D eigenvalue weighted by Gasteiger charge is 2.25. The number of nitriles is 1. The number of likely N-dealkylation sites (N-methyl/N-ethyl adjacent to an activating group) is 1. The Morgan fingerprint density at radius 1 is 1.05 bits per heavy atom. The summed E-state index contributed by atoms with van der Waals surface area (Å²) in [5.74, 6) is -0.712. The molecule has 0 saturated carbocycles. The van der Waals surface area contributed by atoms with Crippen molar-refractivity contribution in [2.24, 2.45) is 5.92 Å². The second-order valence-corrected chi connectivity index (χ2v) is 9.86. The molecule has 0 aliphatic carbocycles. The lowest BCUT2D eigenvalue weighted by atomic mass is 10.0. The van der Waals surface area contributed by atoms with Crippen LogP contribution in [0.15, 0.2) is 54.6 Å². The number of likely N-dealkylation sites (tertiary alicyclic amines) is 1. The molecule has 1 saturated heterocycles. The summed E-state index contributed by atoms with van der Waals surface area (Å²) in [4.78, 5) is 41.0. The zero-order chi connectivity index (χ0) is 26.8. The summed E-state index contributed by atoms with van der Waals surface area (Å²) in [5.41, 5.74) is 2.22. The van der Waals surface area contributed by atoms with E-state index < -0.39 is 17.9 Å². The predicted molar refractivity (Wildman–Crippen MR) is 142 cm³/mol. The molecule has 9 heteroatoms. The second kappa shape index (κ2) is 13.4. The van der Waals surface area contributed by atoms with Crippen molar-refractivity contribution in [3.05, 3.63) is 65.7 Å². The number of benzene rings is 2. The molecule has 196 valence electrons. The van der Waals surface area contributed by atoms with Crippen LogP contribution in [0.5, 0.6) is 0 Å². The van der Waals surface area contributed by atoms with Crippen LogP contribution in [-0.4, -0.2) is 59.9 Å². The quantitative estimate of drug-likeness (QED) is 0.357. The van der Waals surface area contributed by atoms with Crippen molar-refractivity contribution in [3.8, 4) is 6.19 Å². The van der Waals surface area contributed by atoms with E-state index in [0.717, 1.165) is 37.4 Å². The Hall–Kier alpha value is -3.90. The number of rotatable bonds is 9. The Morgan fingerprint density at radius 3 is 2.30 bits per heavy atom. The highest BCUT2D eigenvalue weighted by Crippen LogP contribution is 2.15. The van der Waals surface area contributed by atoms with Gasteiger partial charge in [-0.25, -0.2) is 4.79 Å². The molecule has 1 heterocycles. The molecule has 0 spiro atoms. The topological polar surface area (TPSA) is 118 Å². The maximum Gasteiger partial charge on any atom is 0.319 e. The maximum absolute atomic E-state index is 12.7. The number of urea groups is 1. The third kappa shape index (κ3) is 8.62. The molecule has 2 aromatic rings. The summed E-state index contributed by atoms with van der Waals surface area (Å²) in [5, 5.41) is 17.6. The van der Waals surface area contributed by atoms with Crippen LogP contribution in [0.2, 0.25) is 0 Å². The van der Waals surface area contributed by atoms with Crippen LogP contribution in [0.1, 0.15) is 49.0 Å². The monoisotopic (exact) mass is 504 g/mol. The smallest absolute Gasteiger partial charge is 0.319 e. The molecule has 3 rings (SSSR count). The first kappa shape index (κ1) is 27.7. The fraction of sp³-hybridized carbons (Fsp3) is 0.429. The molecule has 1 aliphatic rings. The molecule has 37 heavy (non-hydrogen) atoms. The van der Waals surface area contributed by atoms with E-state index in [1.165, 1.54) is 12.6 Å². The van der Waals surface area contributed by atoms with Crippen LogP contribution in [0, 0.1) is 17.4 Å². The lowest BCUT2D eigenvalue weighted by Gasteiger charge is -2.32. The van der Waals surface area contributed by atoms with Gasteiger partial charge in [0.05, 0.1) is 0 Å². The van der Waals surface area contributed by atoms with Gasteiger partial charge < -0.3 is 16.0 Å². The van der Waals surface area contributed by atoms with Gasteiger partial charge in [-0.1, -0.05) is 44.2 Å². The SMILES string of the molecule is CC(C)C[C@H](NC(=O)c1ccc(NC(=O)NC2CCN(Cc3ccccc3)CC2)cc1)C(=O)N(C)C#N. The highest BCUT2D eigenvalue weighted by atomic mass is 16.2. The van der Waals surface area contributed by atoms with E-state index >= 15 is 0 Å². The van der Waals surface area contributed by atoms with Crippen molar-refractivity contribution in [1.82, 2.24) is 20.4 Å². The van der Waals surface area contributed by atoms with E-state index in [9.17, 15) is 14.4 Å². The van der Waals surface area contributed by atoms with Gasteiger partial charge in [0, 0.05) is 44.0 Å². The number of hydrogen-bond donors (Lipinski definition) is 3. The average Bonchev–Trinajstić information content (AvgIpc) is 2.89. The molecule has 2 aromatic carbocycles. The molecular formula is C28H36N6O3. The van der Waals surface area contributed by atoms with Gasteiger partial charge in [-0.15, -0.1) is 0 Å². The predicted octanol–water partition coefficient (Wildman–Crippen LogP) is 3.56. The Kier molecular flexibility index (Phi) is 10.0. The third-order valence-electron chi connectivity index (χ3n) is 6.37. The van der Waals surface area contributed by atoms with Crippen molar-refractivity contribution in [1.29, 1.82) is 5.26 Å². The van der Waals surface area contributed by atoms with Crippen LogP contribution in [0.3, 0.4) is 0 Å². The summed E-state index contributed by atoms with van der Waals surface area (Å²) in [6.45, 7) is 6.65. The molecule has 0 bridgehead atoms. The normalized spacial score (nSPS) is 14.9. The number of nitrogens with one attached hydrogen (secondary N) is 3. The van der Waals surface area contributed by atoms with Crippen LogP contribution in [-0.2, 0) is 11.3 Å². The highest BCUT2D eigenvalue weighted by molar-refractivity contribution is 5.98. The van der Waals surface area contributed by atoms with Crippen molar-refractivity contribution in [2.75, 3.05) is 25.5 Å². The molecule has 1 atom stereocenters. The summed E-state index contributed by atoms with van der Waals surface area (Å²) in [7, 11) is 1.38. The van der Waals surface area contributed by atoms with E-state index in [2.05, 4.69) is 33.0 Å². The Bertz CT molecular complexity index is 1090. The van der Waals surface area contributed by atoms with Gasteiger partial charge >= 0.3 is 6.03 Å². The molecule has 0 unspecified atom stereocenters. The standard InChI is InChI=1S/C28H36N6O3/c1-20(2)17-25(27(36)33(3)19-29)32-26(35)22-9-11-23(12-10-22)30-28(37)31-24-13-15-34(16-14-24)18-21-7-5-4-6-8-21/h4-12,20,24-25H,13-18H2,1-3H3,(H,32,35)(H2,30,31,37)/t25-/m0/s1. The molecular weight excluding hydrogens is 468 g/mol. The zero-order valence-electron chi connectivity index (χ0n) is 21.7. The fourth-order valence-electron chi connectivity index (χ4n) is 4.35. The number of carbonyl (C=O) groups excluding carboxylic acids is 3. The van der Waals surface area contributed by atoms with E-state index in [1.54, 1.807) is 30.5 Å². The number of carbonyl (C=O) groups is 3. The number of anilines is 1. The lowest BCUT2D eigenvalue weighted by Crippen LogP contribution is -2.46. The first-order valence-corrected chi connectivity index (χ1v) is 12.7. The van der Waals surface area contributed by atoms with Gasteiger partial charge in [0.1, 0.15) is 6.04 Å². The first-order chi connectivity index (χ1) is 17.7. The van der Waals surface area contributed by atoms with Crippen molar-refractivity contribution >= 4 is 23.5 Å². The Balaban J connectivity index is 1.46. The summed E-state index contributed by atoms with van der Waals surface area (Å²) >= 11 is 0. The minimum absolute atomic E-state index is 0.110. The lowest BCUT2D eigenvalue weighted by molar-refractivity contribution is -0.129.